The monoisotopic (exact) mass is 225 g/mol. The molecule has 1 heterocycles. The largest absolute Gasteiger partial charge is 0.397 e. The number of aryl methyl sites for hydroxylation is 1. The summed E-state index contributed by atoms with van der Waals surface area (Å²) in [6.45, 7) is 6.19. The minimum Gasteiger partial charge on any atom is -0.397 e. The molecule has 3 N–H and O–H groups in total. The number of halogens is 1. The SMILES string of the molecule is Cc1cc(Cl)c(N)cc1N1CCNCC1. The topological polar surface area (TPSA) is 41.3 Å². The summed E-state index contributed by atoms with van der Waals surface area (Å²) in [6.07, 6.45) is 0. The van der Waals surface area contributed by atoms with Gasteiger partial charge < -0.3 is 16.0 Å². The van der Waals surface area contributed by atoms with Crippen LogP contribution in [0, 0.1) is 6.92 Å². The summed E-state index contributed by atoms with van der Waals surface area (Å²) in [4.78, 5) is 2.35. The van der Waals surface area contributed by atoms with Crippen LogP contribution in [-0.4, -0.2) is 26.2 Å². The number of hydrogen-bond donors (Lipinski definition) is 2. The van der Waals surface area contributed by atoms with Gasteiger partial charge in [0.15, 0.2) is 0 Å². The first-order chi connectivity index (χ1) is 7.18. The Labute approximate surface area is 95.2 Å². The Morgan fingerprint density at radius 1 is 1.33 bits per heavy atom. The van der Waals surface area contributed by atoms with Gasteiger partial charge in [-0.3, -0.25) is 0 Å². The second-order valence-electron chi connectivity index (χ2n) is 3.90. The molecule has 3 nitrogen and oxygen atoms in total. The van der Waals surface area contributed by atoms with E-state index in [0.29, 0.717) is 10.7 Å². The molecule has 1 aromatic carbocycles. The molecule has 0 aliphatic carbocycles. The summed E-state index contributed by atoms with van der Waals surface area (Å²) < 4.78 is 0. The zero-order chi connectivity index (χ0) is 10.8. The fraction of sp³-hybridized carbons (Fsp3) is 0.455. The van der Waals surface area contributed by atoms with Gasteiger partial charge in [0, 0.05) is 31.9 Å². The average Bonchev–Trinajstić information content (AvgIpc) is 2.25. The molecule has 1 saturated heterocycles. The zero-order valence-corrected chi connectivity index (χ0v) is 9.64. The molecule has 0 saturated carbocycles. The van der Waals surface area contributed by atoms with Crippen LogP contribution in [0.5, 0.6) is 0 Å². The fourth-order valence-corrected chi connectivity index (χ4v) is 2.14. The maximum Gasteiger partial charge on any atom is 0.0639 e. The van der Waals surface area contributed by atoms with E-state index < -0.39 is 0 Å². The van der Waals surface area contributed by atoms with Crippen LogP contribution in [-0.2, 0) is 0 Å². The van der Waals surface area contributed by atoms with Crippen molar-refractivity contribution >= 4 is 23.0 Å². The minimum atomic E-state index is 0.645. The van der Waals surface area contributed by atoms with Crippen LogP contribution < -0.4 is 16.0 Å². The van der Waals surface area contributed by atoms with E-state index in [0.717, 1.165) is 26.2 Å². The third-order valence-electron chi connectivity index (χ3n) is 2.77. The lowest BCUT2D eigenvalue weighted by molar-refractivity contribution is 0.588. The van der Waals surface area contributed by atoms with Crippen LogP contribution in [0.4, 0.5) is 11.4 Å². The molecule has 1 aliphatic rings. The van der Waals surface area contributed by atoms with Gasteiger partial charge in [0.1, 0.15) is 0 Å². The molecule has 1 aliphatic heterocycles. The summed E-state index contributed by atoms with van der Waals surface area (Å²) in [7, 11) is 0. The van der Waals surface area contributed by atoms with Crippen molar-refractivity contribution in [1.29, 1.82) is 0 Å². The average molecular weight is 226 g/mol. The summed E-state index contributed by atoms with van der Waals surface area (Å²) in [5.41, 5.74) is 8.88. The maximum atomic E-state index is 5.97. The minimum absolute atomic E-state index is 0.645. The predicted molar refractivity (Wildman–Crippen MR) is 65.7 cm³/mol. The summed E-state index contributed by atoms with van der Waals surface area (Å²) >= 11 is 5.97. The van der Waals surface area contributed by atoms with Crippen molar-refractivity contribution in [2.75, 3.05) is 36.8 Å². The van der Waals surface area contributed by atoms with Crippen molar-refractivity contribution in [2.24, 2.45) is 0 Å². The van der Waals surface area contributed by atoms with Crippen LogP contribution in [0.2, 0.25) is 5.02 Å². The Morgan fingerprint density at radius 3 is 2.67 bits per heavy atom. The second-order valence-corrected chi connectivity index (χ2v) is 4.30. The summed E-state index contributed by atoms with van der Waals surface area (Å²) in [5, 5.41) is 3.98. The number of nitrogens with zero attached hydrogens (tertiary/aromatic N) is 1. The molecular formula is C11H16ClN3. The van der Waals surface area contributed by atoms with E-state index in [9.17, 15) is 0 Å². The number of nitrogens with two attached hydrogens (primary N) is 1. The van der Waals surface area contributed by atoms with Crippen LogP contribution in [0.25, 0.3) is 0 Å². The predicted octanol–water partition coefficient (Wildman–Crippen LogP) is 1.64. The smallest absolute Gasteiger partial charge is 0.0639 e. The molecule has 2 rings (SSSR count). The molecule has 0 aromatic heterocycles. The first kappa shape index (κ1) is 10.6. The second kappa shape index (κ2) is 4.29. The van der Waals surface area contributed by atoms with Crippen molar-refractivity contribution in [1.82, 2.24) is 5.32 Å². The number of nitrogen functional groups attached to an aromatic ring is 1. The van der Waals surface area contributed by atoms with E-state index in [1.54, 1.807) is 0 Å². The quantitative estimate of drug-likeness (QED) is 0.714. The molecule has 4 heteroatoms. The molecule has 1 aromatic rings. The first-order valence-corrected chi connectivity index (χ1v) is 5.57. The lowest BCUT2D eigenvalue weighted by Gasteiger charge is -2.31. The van der Waals surface area contributed by atoms with Gasteiger partial charge in [0.2, 0.25) is 0 Å². The Bertz CT molecular complexity index is 359. The maximum absolute atomic E-state index is 5.97. The highest BCUT2D eigenvalue weighted by atomic mass is 35.5. The Hall–Kier alpha value is -0.930. The lowest BCUT2D eigenvalue weighted by Crippen LogP contribution is -2.43. The van der Waals surface area contributed by atoms with Gasteiger partial charge in [0.25, 0.3) is 0 Å². The van der Waals surface area contributed by atoms with Crippen LogP contribution in [0.15, 0.2) is 12.1 Å². The first-order valence-electron chi connectivity index (χ1n) is 5.20. The van der Waals surface area contributed by atoms with Gasteiger partial charge in [-0.25, -0.2) is 0 Å². The van der Waals surface area contributed by atoms with Gasteiger partial charge in [-0.2, -0.15) is 0 Å². The summed E-state index contributed by atoms with van der Waals surface area (Å²) in [6, 6.07) is 3.91. The Morgan fingerprint density at radius 2 is 2.00 bits per heavy atom. The highest BCUT2D eigenvalue weighted by molar-refractivity contribution is 6.33. The van der Waals surface area contributed by atoms with E-state index in [4.69, 9.17) is 17.3 Å². The molecule has 82 valence electrons. The molecule has 0 amide bonds. The van der Waals surface area contributed by atoms with E-state index in [-0.39, 0.29) is 0 Å². The number of benzene rings is 1. The number of nitrogens with one attached hydrogen (secondary N) is 1. The number of piperazine rings is 1. The van der Waals surface area contributed by atoms with Crippen LogP contribution in [0.1, 0.15) is 5.56 Å². The number of hydrogen-bond acceptors (Lipinski definition) is 3. The van der Waals surface area contributed by atoms with Gasteiger partial charge in [-0.15, -0.1) is 0 Å². The molecule has 0 atom stereocenters. The Kier molecular flexibility index (Phi) is 3.03. The van der Waals surface area contributed by atoms with Crippen molar-refractivity contribution in [3.8, 4) is 0 Å². The molecule has 1 fully saturated rings. The highest BCUT2D eigenvalue weighted by Gasteiger charge is 2.13. The van der Waals surface area contributed by atoms with Crippen molar-refractivity contribution in [3.63, 3.8) is 0 Å². The lowest BCUT2D eigenvalue weighted by atomic mass is 10.1. The van der Waals surface area contributed by atoms with Crippen molar-refractivity contribution in [2.45, 2.75) is 6.92 Å². The molecule has 0 spiro atoms. The fourth-order valence-electron chi connectivity index (χ4n) is 1.92. The highest BCUT2D eigenvalue weighted by Crippen LogP contribution is 2.29. The Balaban J connectivity index is 2.30. The zero-order valence-electron chi connectivity index (χ0n) is 8.89. The van der Waals surface area contributed by atoms with Gasteiger partial charge in [-0.05, 0) is 24.6 Å². The molecular weight excluding hydrogens is 210 g/mol. The van der Waals surface area contributed by atoms with Crippen molar-refractivity contribution in [3.05, 3.63) is 22.7 Å². The third kappa shape index (κ3) is 2.19. The van der Waals surface area contributed by atoms with Crippen LogP contribution >= 0.6 is 11.6 Å². The standard InChI is InChI=1S/C11H16ClN3/c1-8-6-9(12)10(13)7-11(8)15-4-2-14-3-5-15/h6-7,14H,2-5,13H2,1H3. The number of anilines is 2. The van der Waals surface area contributed by atoms with Gasteiger partial charge in [0.05, 0.1) is 10.7 Å². The molecule has 0 bridgehead atoms. The van der Waals surface area contributed by atoms with E-state index in [2.05, 4.69) is 17.1 Å². The van der Waals surface area contributed by atoms with E-state index in [1.165, 1.54) is 11.3 Å². The van der Waals surface area contributed by atoms with Crippen molar-refractivity contribution < 1.29 is 0 Å². The van der Waals surface area contributed by atoms with E-state index >= 15 is 0 Å². The molecule has 0 unspecified atom stereocenters. The van der Waals surface area contributed by atoms with Crippen LogP contribution in [0.3, 0.4) is 0 Å². The normalized spacial score (nSPS) is 16.8. The molecule has 0 radical (unpaired) electrons. The summed E-state index contributed by atoms with van der Waals surface area (Å²) in [5.74, 6) is 0. The van der Waals surface area contributed by atoms with E-state index in [1.807, 2.05) is 12.1 Å². The molecule has 15 heavy (non-hydrogen) atoms. The third-order valence-corrected chi connectivity index (χ3v) is 3.10. The van der Waals surface area contributed by atoms with Gasteiger partial charge >= 0.3 is 0 Å². The number of rotatable bonds is 1. The van der Waals surface area contributed by atoms with Gasteiger partial charge in [-0.1, -0.05) is 11.6 Å².